The Morgan fingerprint density at radius 1 is 1.03 bits per heavy atom. The normalized spacial score (nSPS) is 15.9. The number of nitrogens with one attached hydrogen (secondary N) is 2. The highest BCUT2D eigenvalue weighted by molar-refractivity contribution is 5.92. The lowest BCUT2D eigenvalue weighted by atomic mass is 9.92. The van der Waals surface area contributed by atoms with Crippen molar-refractivity contribution in [2.45, 2.75) is 137 Å². The number of hydrogen-bond donors (Lipinski definition) is 2. The number of alkyl carbamates (subject to hydrolysis) is 1. The fraction of sp³-hybridized carbons (Fsp3) is 0.719. The van der Waals surface area contributed by atoms with E-state index < -0.39 is 23.8 Å². The van der Waals surface area contributed by atoms with Crippen LogP contribution in [0.1, 0.15) is 122 Å². The van der Waals surface area contributed by atoms with Crippen LogP contribution in [0.4, 0.5) is 4.79 Å². The van der Waals surface area contributed by atoms with Gasteiger partial charge in [0.25, 0.3) is 0 Å². The molecule has 1 aliphatic carbocycles. The number of carbonyl (C=O) groups excluding carboxylic acids is 3. The summed E-state index contributed by atoms with van der Waals surface area (Å²) in [6.45, 7) is 15.8. The van der Waals surface area contributed by atoms with Crippen LogP contribution in [0.5, 0.6) is 0 Å². The zero-order valence-electron chi connectivity index (χ0n) is 25.7. The quantitative estimate of drug-likeness (QED) is 0.285. The summed E-state index contributed by atoms with van der Waals surface area (Å²) in [4.78, 5) is 42.8. The SMILES string of the molecule is CCCCCCN(C(=O)C(NC(=O)OC(C)(C)C)C(C)C)C(C(=O)NC1CCCCC1)c1ccc(C)cc1C. The van der Waals surface area contributed by atoms with Crippen LogP contribution in [0.3, 0.4) is 0 Å². The van der Waals surface area contributed by atoms with Gasteiger partial charge in [-0.2, -0.15) is 0 Å². The maximum Gasteiger partial charge on any atom is 0.408 e. The molecule has 0 aliphatic heterocycles. The molecule has 0 saturated heterocycles. The zero-order chi connectivity index (χ0) is 29.2. The van der Waals surface area contributed by atoms with E-state index in [0.29, 0.717) is 6.54 Å². The van der Waals surface area contributed by atoms with Crippen molar-refractivity contribution in [3.8, 4) is 0 Å². The highest BCUT2D eigenvalue weighted by Crippen LogP contribution is 2.29. The molecule has 3 amide bonds. The summed E-state index contributed by atoms with van der Waals surface area (Å²) in [5, 5.41) is 6.11. The van der Waals surface area contributed by atoms with Gasteiger partial charge in [0.05, 0.1) is 0 Å². The third-order valence-electron chi connectivity index (χ3n) is 7.37. The minimum absolute atomic E-state index is 0.123. The monoisotopic (exact) mass is 543 g/mol. The summed E-state index contributed by atoms with van der Waals surface area (Å²) in [5.74, 6) is -0.585. The van der Waals surface area contributed by atoms with E-state index in [9.17, 15) is 14.4 Å². The summed E-state index contributed by atoms with van der Waals surface area (Å²) in [5.41, 5.74) is 2.23. The average Bonchev–Trinajstić information content (AvgIpc) is 2.84. The lowest BCUT2D eigenvalue weighted by molar-refractivity contribution is -0.143. The summed E-state index contributed by atoms with van der Waals surface area (Å²) in [7, 11) is 0. The van der Waals surface area contributed by atoms with Gasteiger partial charge < -0.3 is 20.3 Å². The molecule has 0 bridgehead atoms. The summed E-state index contributed by atoms with van der Waals surface area (Å²) < 4.78 is 5.49. The van der Waals surface area contributed by atoms with Gasteiger partial charge in [-0.05, 0) is 70.9 Å². The molecule has 1 fully saturated rings. The Labute approximate surface area is 236 Å². The predicted molar refractivity (Wildman–Crippen MR) is 158 cm³/mol. The molecule has 0 aromatic heterocycles. The first-order valence-corrected chi connectivity index (χ1v) is 15.0. The number of benzene rings is 1. The van der Waals surface area contributed by atoms with Crippen molar-refractivity contribution in [3.63, 3.8) is 0 Å². The lowest BCUT2D eigenvalue weighted by Gasteiger charge is -2.37. The van der Waals surface area contributed by atoms with Crippen LogP contribution in [-0.2, 0) is 14.3 Å². The lowest BCUT2D eigenvalue weighted by Crippen LogP contribution is -2.55. The van der Waals surface area contributed by atoms with Gasteiger partial charge in [0.1, 0.15) is 17.7 Å². The van der Waals surface area contributed by atoms with Crippen molar-refractivity contribution in [2.75, 3.05) is 6.54 Å². The van der Waals surface area contributed by atoms with E-state index in [0.717, 1.165) is 68.1 Å². The smallest absolute Gasteiger partial charge is 0.408 e. The van der Waals surface area contributed by atoms with Crippen molar-refractivity contribution in [2.24, 2.45) is 5.92 Å². The van der Waals surface area contributed by atoms with E-state index in [2.05, 4.69) is 23.6 Å². The molecule has 7 heteroatoms. The minimum atomic E-state index is -0.818. The van der Waals surface area contributed by atoms with E-state index in [1.807, 2.05) is 39.8 Å². The van der Waals surface area contributed by atoms with Gasteiger partial charge in [0, 0.05) is 12.6 Å². The van der Waals surface area contributed by atoms with Gasteiger partial charge in [-0.25, -0.2) is 4.79 Å². The maximum atomic E-state index is 14.3. The van der Waals surface area contributed by atoms with Gasteiger partial charge in [0.2, 0.25) is 11.8 Å². The van der Waals surface area contributed by atoms with Crippen LogP contribution in [-0.4, -0.2) is 47.0 Å². The summed E-state index contributed by atoms with van der Waals surface area (Å²) >= 11 is 0. The standard InChI is InChI=1S/C32H53N3O4/c1-9-10-11-15-20-35(30(37)27(22(2)3)34-31(38)39-32(6,7)8)28(26-19-18-23(4)21-24(26)5)29(36)33-25-16-13-12-14-17-25/h18-19,21-22,25,27-28H,9-17,20H2,1-8H3,(H,33,36)(H,34,38). The third kappa shape index (κ3) is 10.5. The van der Waals surface area contributed by atoms with Crippen molar-refractivity contribution in [3.05, 3.63) is 34.9 Å². The van der Waals surface area contributed by atoms with E-state index >= 15 is 0 Å². The van der Waals surface area contributed by atoms with E-state index in [-0.39, 0.29) is 23.8 Å². The Hall–Kier alpha value is -2.57. The molecule has 0 spiro atoms. The second kappa shape index (κ2) is 15.3. The molecule has 7 nitrogen and oxygen atoms in total. The Balaban J connectivity index is 2.49. The molecule has 1 aliphatic rings. The van der Waals surface area contributed by atoms with Gasteiger partial charge in [-0.15, -0.1) is 0 Å². The molecular formula is C32H53N3O4. The topological polar surface area (TPSA) is 87.7 Å². The number of nitrogens with zero attached hydrogens (tertiary/aromatic N) is 1. The number of rotatable bonds is 12. The fourth-order valence-electron chi connectivity index (χ4n) is 5.31. The predicted octanol–water partition coefficient (Wildman–Crippen LogP) is 6.75. The zero-order valence-corrected chi connectivity index (χ0v) is 25.7. The Morgan fingerprint density at radius 2 is 1.69 bits per heavy atom. The molecule has 1 aromatic carbocycles. The van der Waals surface area contributed by atoms with Crippen molar-refractivity contribution in [1.82, 2.24) is 15.5 Å². The van der Waals surface area contributed by atoms with Crippen molar-refractivity contribution >= 4 is 17.9 Å². The second-order valence-corrected chi connectivity index (χ2v) is 12.6. The highest BCUT2D eigenvalue weighted by Gasteiger charge is 2.38. The van der Waals surface area contributed by atoms with Crippen LogP contribution >= 0.6 is 0 Å². The number of unbranched alkanes of at least 4 members (excludes halogenated alkanes) is 3. The number of aryl methyl sites for hydroxylation is 2. The number of ether oxygens (including phenoxy) is 1. The average molecular weight is 544 g/mol. The molecule has 0 radical (unpaired) electrons. The van der Waals surface area contributed by atoms with Crippen LogP contribution in [0.25, 0.3) is 0 Å². The number of hydrogen-bond acceptors (Lipinski definition) is 4. The van der Waals surface area contributed by atoms with E-state index in [1.165, 1.54) is 6.42 Å². The van der Waals surface area contributed by atoms with Gasteiger partial charge in [-0.1, -0.05) is 83.1 Å². The van der Waals surface area contributed by atoms with Gasteiger partial charge >= 0.3 is 6.09 Å². The molecule has 2 atom stereocenters. The van der Waals surface area contributed by atoms with Gasteiger partial charge in [0.15, 0.2) is 0 Å². The second-order valence-electron chi connectivity index (χ2n) is 12.6. The van der Waals surface area contributed by atoms with Crippen molar-refractivity contribution in [1.29, 1.82) is 0 Å². The van der Waals surface area contributed by atoms with Crippen molar-refractivity contribution < 1.29 is 19.1 Å². The molecule has 2 rings (SSSR count). The highest BCUT2D eigenvalue weighted by atomic mass is 16.6. The fourth-order valence-corrected chi connectivity index (χ4v) is 5.31. The van der Waals surface area contributed by atoms with Gasteiger partial charge in [-0.3, -0.25) is 9.59 Å². The first-order valence-electron chi connectivity index (χ1n) is 15.0. The molecule has 2 unspecified atom stereocenters. The molecule has 0 heterocycles. The minimum Gasteiger partial charge on any atom is -0.444 e. The first kappa shape index (κ1) is 32.6. The van der Waals surface area contributed by atoms with Crippen LogP contribution in [0.15, 0.2) is 18.2 Å². The molecule has 1 aromatic rings. The molecule has 39 heavy (non-hydrogen) atoms. The van der Waals surface area contributed by atoms with Crippen LogP contribution in [0, 0.1) is 19.8 Å². The Morgan fingerprint density at radius 3 is 2.26 bits per heavy atom. The van der Waals surface area contributed by atoms with Crippen LogP contribution in [0.2, 0.25) is 0 Å². The molecule has 1 saturated carbocycles. The van der Waals surface area contributed by atoms with E-state index in [1.54, 1.807) is 25.7 Å². The Bertz CT molecular complexity index is 947. The maximum absolute atomic E-state index is 14.3. The molecule has 2 N–H and O–H groups in total. The summed E-state index contributed by atoms with van der Waals surface area (Å²) in [6, 6.07) is 4.58. The number of carbonyl (C=O) groups is 3. The first-order chi connectivity index (χ1) is 18.3. The largest absolute Gasteiger partial charge is 0.444 e. The molecular weight excluding hydrogens is 490 g/mol. The third-order valence-corrected chi connectivity index (χ3v) is 7.37. The Kier molecular flexibility index (Phi) is 12.8. The molecule has 220 valence electrons. The summed E-state index contributed by atoms with van der Waals surface area (Å²) in [6.07, 6.45) is 8.60. The van der Waals surface area contributed by atoms with E-state index in [4.69, 9.17) is 4.74 Å². The number of amides is 3. The van der Waals surface area contributed by atoms with Crippen LogP contribution < -0.4 is 10.6 Å².